The lowest BCUT2D eigenvalue weighted by atomic mass is 10.2. The molecule has 0 unspecified atom stereocenters. The van der Waals surface area contributed by atoms with Crippen LogP contribution in [0.15, 0.2) is 34.0 Å². The van der Waals surface area contributed by atoms with Crippen molar-refractivity contribution in [3.05, 3.63) is 34.8 Å². The van der Waals surface area contributed by atoms with Gasteiger partial charge in [-0.25, -0.2) is 18.1 Å². The number of nitrogens with one attached hydrogen (secondary N) is 2. The first-order valence-corrected chi connectivity index (χ1v) is 8.39. The smallest absolute Gasteiger partial charge is 0.240 e. The van der Waals surface area contributed by atoms with Crippen LogP contribution in [-0.2, 0) is 16.4 Å². The first kappa shape index (κ1) is 14.8. The van der Waals surface area contributed by atoms with Gasteiger partial charge in [0.2, 0.25) is 10.0 Å². The largest absolute Gasteiger partial charge is 0.397 e. The zero-order chi connectivity index (χ0) is 14.6. The third-order valence-corrected chi connectivity index (χ3v) is 4.83. The molecule has 0 radical (unpaired) electrons. The van der Waals surface area contributed by atoms with Crippen molar-refractivity contribution in [2.24, 2.45) is 0 Å². The van der Waals surface area contributed by atoms with Gasteiger partial charge in [0, 0.05) is 18.3 Å². The lowest BCUT2D eigenvalue weighted by Crippen LogP contribution is -2.19. The molecule has 2 aromatic rings. The second-order valence-electron chi connectivity index (χ2n) is 4.11. The lowest BCUT2D eigenvalue weighted by molar-refractivity contribution is 0.588. The Morgan fingerprint density at radius 2 is 2.20 bits per heavy atom. The van der Waals surface area contributed by atoms with Gasteiger partial charge in [-0.2, -0.15) is 0 Å². The SMILES string of the molecule is CNS(=O)(=O)c1ccc(N)c(NCCc2cscn2)c1. The molecule has 8 heteroatoms. The molecule has 1 aromatic heterocycles. The zero-order valence-electron chi connectivity index (χ0n) is 11.0. The predicted octanol–water partition coefficient (Wildman–Crippen LogP) is 1.29. The van der Waals surface area contributed by atoms with Crippen LogP contribution in [-0.4, -0.2) is 27.0 Å². The highest BCUT2D eigenvalue weighted by atomic mass is 32.2. The summed E-state index contributed by atoms with van der Waals surface area (Å²) in [4.78, 5) is 4.37. The minimum absolute atomic E-state index is 0.186. The van der Waals surface area contributed by atoms with Crippen molar-refractivity contribution in [1.82, 2.24) is 9.71 Å². The molecular weight excluding hydrogens is 296 g/mol. The molecule has 0 saturated heterocycles. The van der Waals surface area contributed by atoms with Crippen molar-refractivity contribution < 1.29 is 8.42 Å². The third-order valence-electron chi connectivity index (χ3n) is 2.78. The molecule has 20 heavy (non-hydrogen) atoms. The first-order valence-electron chi connectivity index (χ1n) is 5.97. The Kier molecular flexibility index (Phi) is 4.58. The summed E-state index contributed by atoms with van der Waals surface area (Å²) in [5.74, 6) is 0. The van der Waals surface area contributed by atoms with Gasteiger partial charge in [0.05, 0.1) is 27.5 Å². The maximum Gasteiger partial charge on any atom is 0.240 e. The van der Waals surface area contributed by atoms with E-state index in [1.54, 1.807) is 22.9 Å². The molecule has 0 bridgehead atoms. The molecular formula is C12H16N4O2S2. The highest BCUT2D eigenvalue weighted by molar-refractivity contribution is 7.89. The van der Waals surface area contributed by atoms with Gasteiger partial charge < -0.3 is 11.1 Å². The molecule has 108 valence electrons. The summed E-state index contributed by atoms with van der Waals surface area (Å²) in [7, 11) is -2.09. The second-order valence-corrected chi connectivity index (χ2v) is 6.72. The number of hydrogen-bond acceptors (Lipinski definition) is 6. The molecule has 1 heterocycles. The highest BCUT2D eigenvalue weighted by Gasteiger charge is 2.13. The minimum atomic E-state index is -3.46. The summed E-state index contributed by atoms with van der Waals surface area (Å²) in [6.45, 7) is 0.636. The van der Waals surface area contributed by atoms with Gasteiger partial charge in [0.15, 0.2) is 0 Å². The predicted molar refractivity (Wildman–Crippen MR) is 81.4 cm³/mol. The molecule has 1 aromatic carbocycles. The Balaban J connectivity index is 2.09. The van der Waals surface area contributed by atoms with Crippen molar-refractivity contribution in [2.45, 2.75) is 11.3 Å². The third kappa shape index (κ3) is 3.47. The Labute approximate surface area is 122 Å². The van der Waals surface area contributed by atoms with E-state index in [2.05, 4.69) is 15.0 Å². The van der Waals surface area contributed by atoms with Crippen molar-refractivity contribution in [1.29, 1.82) is 0 Å². The number of thiazole rings is 1. The Morgan fingerprint density at radius 1 is 1.40 bits per heavy atom. The fraction of sp³-hybridized carbons (Fsp3) is 0.250. The summed E-state index contributed by atoms with van der Waals surface area (Å²) < 4.78 is 25.8. The van der Waals surface area contributed by atoms with Gasteiger partial charge in [-0.3, -0.25) is 0 Å². The molecule has 0 fully saturated rings. The van der Waals surface area contributed by atoms with Gasteiger partial charge >= 0.3 is 0 Å². The quantitative estimate of drug-likeness (QED) is 0.698. The van der Waals surface area contributed by atoms with Crippen LogP contribution in [0.3, 0.4) is 0 Å². The van der Waals surface area contributed by atoms with Crippen LogP contribution in [0.4, 0.5) is 11.4 Å². The van der Waals surface area contributed by atoms with E-state index in [0.29, 0.717) is 17.9 Å². The van der Waals surface area contributed by atoms with Crippen LogP contribution in [0.5, 0.6) is 0 Å². The second kappa shape index (κ2) is 6.21. The van der Waals surface area contributed by atoms with E-state index < -0.39 is 10.0 Å². The molecule has 0 spiro atoms. The van der Waals surface area contributed by atoms with E-state index in [-0.39, 0.29) is 4.90 Å². The molecule has 0 aliphatic carbocycles. The van der Waals surface area contributed by atoms with Crippen molar-refractivity contribution in [3.8, 4) is 0 Å². The molecule has 0 aliphatic rings. The molecule has 2 rings (SSSR count). The van der Waals surface area contributed by atoms with Crippen LogP contribution >= 0.6 is 11.3 Å². The Hall–Kier alpha value is -1.64. The van der Waals surface area contributed by atoms with Crippen LogP contribution in [0.1, 0.15) is 5.69 Å². The summed E-state index contributed by atoms with van der Waals surface area (Å²) >= 11 is 1.55. The number of nitrogens with two attached hydrogens (primary N) is 1. The average molecular weight is 312 g/mol. The molecule has 6 nitrogen and oxygen atoms in total. The molecule has 0 saturated carbocycles. The lowest BCUT2D eigenvalue weighted by Gasteiger charge is -2.11. The molecule has 4 N–H and O–H groups in total. The van der Waals surface area contributed by atoms with E-state index in [9.17, 15) is 8.42 Å². The first-order chi connectivity index (χ1) is 9.53. The Bertz CT molecular complexity index is 669. The van der Waals surface area contributed by atoms with E-state index >= 15 is 0 Å². The van der Waals surface area contributed by atoms with Gasteiger partial charge in [-0.05, 0) is 25.2 Å². The number of hydrogen-bond donors (Lipinski definition) is 3. The number of anilines is 2. The number of rotatable bonds is 6. The Morgan fingerprint density at radius 3 is 2.85 bits per heavy atom. The topological polar surface area (TPSA) is 97.1 Å². The van der Waals surface area contributed by atoms with Gasteiger partial charge in [-0.15, -0.1) is 11.3 Å². The van der Waals surface area contributed by atoms with Crippen molar-refractivity contribution in [2.75, 3.05) is 24.6 Å². The van der Waals surface area contributed by atoms with E-state index in [1.807, 2.05) is 5.38 Å². The minimum Gasteiger partial charge on any atom is -0.397 e. The standard InChI is InChI=1S/C12H16N4O2S2/c1-14-20(17,18)10-2-3-11(13)12(6-10)15-5-4-9-7-19-8-16-9/h2-3,6-8,14-15H,4-5,13H2,1H3. The van der Waals surface area contributed by atoms with Gasteiger partial charge in [-0.1, -0.05) is 0 Å². The highest BCUT2D eigenvalue weighted by Crippen LogP contribution is 2.22. The van der Waals surface area contributed by atoms with E-state index in [4.69, 9.17) is 5.73 Å². The van der Waals surface area contributed by atoms with Crippen LogP contribution in [0.2, 0.25) is 0 Å². The maximum atomic E-state index is 11.7. The van der Waals surface area contributed by atoms with E-state index in [0.717, 1.165) is 12.1 Å². The van der Waals surface area contributed by atoms with Crippen LogP contribution < -0.4 is 15.8 Å². The van der Waals surface area contributed by atoms with Crippen molar-refractivity contribution in [3.63, 3.8) is 0 Å². The molecule has 0 aliphatic heterocycles. The maximum absolute atomic E-state index is 11.7. The fourth-order valence-electron chi connectivity index (χ4n) is 1.66. The fourth-order valence-corrected chi connectivity index (χ4v) is 3.01. The number of nitrogens with zero attached hydrogens (tertiary/aromatic N) is 1. The summed E-state index contributed by atoms with van der Waals surface area (Å²) in [6, 6.07) is 4.59. The van der Waals surface area contributed by atoms with E-state index in [1.165, 1.54) is 19.2 Å². The van der Waals surface area contributed by atoms with Gasteiger partial charge in [0.25, 0.3) is 0 Å². The summed E-state index contributed by atoms with van der Waals surface area (Å²) in [6.07, 6.45) is 0.756. The zero-order valence-corrected chi connectivity index (χ0v) is 12.6. The monoisotopic (exact) mass is 312 g/mol. The molecule has 0 amide bonds. The number of sulfonamides is 1. The van der Waals surface area contributed by atoms with Gasteiger partial charge in [0.1, 0.15) is 0 Å². The van der Waals surface area contributed by atoms with Crippen molar-refractivity contribution >= 4 is 32.7 Å². The normalized spacial score (nSPS) is 11.4. The number of aromatic nitrogens is 1. The summed E-state index contributed by atoms with van der Waals surface area (Å²) in [5.41, 5.74) is 9.74. The summed E-state index contributed by atoms with van der Waals surface area (Å²) in [5, 5.41) is 5.11. The van der Waals surface area contributed by atoms with Crippen LogP contribution in [0, 0.1) is 0 Å². The number of benzene rings is 1. The average Bonchev–Trinajstić information content (AvgIpc) is 2.94. The number of nitrogen functional groups attached to an aromatic ring is 1. The van der Waals surface area contributed by atoms with Crippen LogP contribution in [0.25, 0.3) is 0 Å². The molecule has 0 atom stereocenters.